The van der Waals surface area contributed by atoms with Crippen LogP contribution in [-0.4, -0.2) is 41.6 Å². The topological polar surface area (TPSA) is 44.8 Å². The van der Waals surface area contributed by atoms with Crippen LogP contribution in [0.3, 0.4) is 0 Å². The van der Waals surface area contributed by atoms with Crippen LogP contribution in [0.25, 0.3) is 0 Å². The Bertz CT molecular complexity index is 974. The molecule has 7 atom stereocenters. The summed E-state index contributed by atoms with van der Waals surface area (Å²) < 4.78 is 32.0. The molecule has 0 aliphatic heterocycles. The fourth-order valence-corrected chi connectivity index (χ4v) is 8.15. The Balaban J connectivity index is 1.54. The molecule has 4 nitrogen and oxygen atoms in total. The SMILES string of the molecule is [3H][B]SO[C@H]1CC2=CC=C3C(CC[C@]4(C)C([C@H](C)C/C=C/C(=O)OCC)=CCC34)[C@@]2(C)[C@@H](OS[B][3H])C1. The smallest absolute Gasteiger partial charge is 0.330 e. The highest BCUT2D eigenvalue weighted by molar-refractivity contribution is 8.16. The quantitative estimate of drug-likeness (QED) is 0.113. The van der Waals surface area contributed by atoms with Crippen LogP contribution in [-0.2, 0) is 17.9 Å². The zero-order valence-corrected chi connectivity index (χ0v) is 23.0. The van der Waals surface area contributed by atoms with Gasteiger partial charge in [0.25, 0.3) is 0 Å². The molecular formula is C27H38B2O4S2. The van der Waals surface area contributed by atoms with Gasteiger partial charge in [0.05, 0.1) is 18.8 Å². The standard InChI is InChI=1S/C27H38B2O4S2/c1-5-31-25(30)8-6-7-17(2)21-11-12-22-20-10-9-18-15-19(32-34-28)16-24(33-35-29)27(18,4)23(20)13-14-26(21,22)3/h6,8-11,17,19,22-24,28-29H,5,7,12-16H2,1-4H3/b8-6+/t17-,19+,22?,23?,24+,26-,27+/m1/s1/i28T,29T. The van der Waals surface area contributed by atoms with E-state index in [2.05, 4.69) is 39.0 Å². The molecule has 0 amide bonds. The first kappa shape index (κ1) is 24.5. The van der Waals surface area contributed by atoms with E-state index in [9.17, 15) is 4.79 Å². The summed E-state index contributed by atoms with van der Waals surface area (Å²) in [5.41, 5.74) is 4.43. The van der Waals surface area contributed by atoms with E-state index in [0.29, 0.717) is 24.4 Å². The summed E-state index contributed by atoms with van der Waals surface area (Å²) in [6.45, 7) is 9.31. The first-order valence-electron chi connectivity index (χ1n) is 13.9. The maximum absolute atomic E-state index is 11.7. The van der Waals surface area contributed by atoms with Crippen molar-refractivity contribution >= 4 is 43.9 Å². The second-order valence-corrected chi connectivity index (χ2v) is 11.6. The average molecular weight is 516 g/mol. The summed E-state index contributed by atoms with van der Waals surface area (Å²) in [7, 11) is 2.48. The Labute approximate surface area is 224 Å². The predicted molar refractivity (Wildman–Crippen MR) is 149 cm³/mol. The minimum absolute atomic E-state index is 0.00525. The fourth-order valence-electron chi connectivity index (χ4n) is 7.43. The van der Waals surface area contributed by atoms with E-state index in [1.54, 1.807) is 11.6 Å². The molecule has 188 valence electrons. The van der Waals surface area contributed by atoms with Crippen molar-refractivity contribution in [2.45, 2.75) is 78.4 Å². The molecule has 4 aliphatic rings. The van der Waals surface area contributed by atoms with Gasteiger partial charge in [-0.05, 0) is 64.9 Å². The highest BCUT2D eigenvalue weighted by atomic mass is 32.2. The van der Waals surface area contributed by atoms with E-state index in [1.807, 2.05) is 13.0 Å². The molecule has 0 heterocycles. The van der Waals surface area contributed by atoms with Crippen molar-refractivity contribution in [3.63, 3.8) is 0 Å². The van der Waals surface area contributed by atoms with Crippen LogP contribution in [0.2, 0.25) is 0 Å². The second-order valence-electron chi connectivity index (χ2n) is 10.8. The van der Waals surface area contributed by atoms with E-state index in [1.165, 1.54) is 25.3 Å². The third-order valence-electron chi connectivity index (χ3n) is 9.17. The van der Waals surface area contributed by atoms with Gasteiger partial charge in [0.2, 0.25) is 14.2 Å². The Morgan fingerprint density at radius 2 is 2.09 bits per heavy atom. The van der Waals surface area contributed by atoms with Crippen LogP contribution in [0.15, 0.2) is 47.1 Å². The van der Waals surface area contributed by atoms with Crippen molar-refractivity contribution in [2.24, 2.45) is 28.6 Å². The summed E-state index contributed by atoms with van der Waals surface area (Å²) in [4.78, 5) is 11.7. The number of hydrogen-bond acceptors (Lipinski definition) is 6. The lowest BCUT2D eigenvalue weighted by Gasteiger charge is -2.57. The highest BCUT2D eigenvalue weighted by Gasteiger charge is 2.57. The van der Waals surface area contributed by atoms with Gasteiger partial charge in [0, 0.05) is 17.9 Å². The molecule has 4 rings (SSSR count). The monoisotopic (exact) mass is 516 g/mol. The number of carbonyl (C=O) groups is 1. The first-order chi connectivity index (χ1) is 17.8. The number of ether oxygens (including phenoxy) is 1. The second kappa shape index (κ2) is 11.3. The van der Waals surface area contributed by atoms with E-state index in [4.69, 9.17) is 15.8 Å². The van der Waals surface area contributed by atoms with E-state index in [0.717, 1.165) is 62.3 Å². The zero-order valence-electron chi connectivity index (χ0n) is 23.3. The maximum atomic E-state index is 11.7. The molecule has 0 aromatic carbocycles. The first-order valence-corrected chi connectivity index (χ1v) is 14.4. The molecule has 0 aromatic rings. The summed E-state index contributed by atoms with van der Waals surface area (Å²) in [6.07, 6.45) is 16.4. The molecule has 4 aliphatic carbocycles. The average Bonchev–Trinajstić information content (AvgIpc) is 3.23. The Morgan fingerprint density at radius 1 is 1.29 bits per heavy atom. The van der Waals surface area contributed by atoms with Crippen molar-refractivity contribution in [1.82, 2.24) is 0 Å². The third kappa shape index (κ3) is 5.02. The molecule has 0 aromatic heterocycles. The highest BCUT2D eigenvalue weighted by Crippen LogP contribution is 2.65. The van der Waals surface area contributed by atoms with Gasteiger partial charge in [0.15, 0.2) is 0 Å². The van der Waals surface area contributed by atoms with Gasteiger partial charge >= 0.3 is 5.97 Å². The van der Waals surface area contributed by atoms with Crippen LogP contribution in [0.4, 0.5) is 0 Å². The van der Waals surface area contributed by atoms with E-state index < -0.39 is 0 Å². The van der Waals surface area contributed by atoms with Gasteiger partial charge in [-0.2, -0.15) is 0 Å². The predicted octanol–water partition coefficient (Wildman–Crippen LogP) is 5.86. The van der Waals surface area contributed by atoms with E-state index in [-0.39, 0.29) is 29.0 Å². The third-order valence-corrected chi connectivity index (χ3v) is 9.90. The number of allylic oxidation sites excluding steroid dienone is 6. The fraction of sp³-hybridized carbons (Fsp3) is 0.667. The lowest BCUT2D eigenvalue weighted by atomic mass is 9.49. The molecule has 2 unspecified atom stereocenters. The molecule has 2 radical (unpaired) electrons. The zero-order chi connectivity index (χ0) is 26.6. The minimum Gasteiger partial charge on any atom is -0.463 e. The van der Waals surface area contributed by atoms with Gasteiger partial charge in [0.1, 0.15) is 0 Å². The summed E-state index contributed by atoms with van der Waals surface area (Å²) in [5.74, 6) is 0.996. The van der Waals surface area contributed by atoms with Crippen LogP contribution in [0.5, 0.6) is 0 Å². The van der Waals surface area contributed by atoms with Gasteiger partial charge < -0.3 is 13.1 Å². The van der Waals surface area contributed by atoms with Crippen molar-refractivity contribution in [3.05, 3.63) is 47.1 Å². The van der Waals surface area contributed by atoms with Crippen LogP contribution in [0.1, 0.15) is 66.2 Å². The van der Waals surface area contributed by atoms with Crippen molar-refractivity contribution in [2.75, 3.05) is 6.61 Å². The lowest BCUT2D eigenvalue weighted by Crippen LogP contribution is -2.52. The number of rotatable bonds is 11. The normalized spacial score (nSPS) is 37.5. The molecule has 0 saturated heterocycles. The number of esters is 1. The summed E-state index contributed by atoms with van der Waals surface area (Å²) in [6, 6.07) is 0. The van der Waals surface area contributed by atoms with Gasteiger partial charge in [-0.25, -0.2) is 4.79 Å². The van der Waals surface area contributed by atoms with E-state index >= 15 is 0 Å². The maximum Gasteiger partial charge on any atom is 0.330 e. The van der Waals surface area contributed by atoms with Gasteiger partial charge in [-0.15, -0.1) is 0 Å². The molecule has 0 spiro atoms. The Hall–Kier alpha value is -0.820. The molecule has 2 fully saturated rings. The molecule has 8 heteroatoms. The lowest BCUT2D eigenvalue weighted by molar-refractivity contribution is -0.137. The molecule has 35 heavy (non-hydrogen) atoms. The summed E-state index contributed by atoms with van der Waals surface area (Å²) in [5, 5.41) is 0. The van der Waals surface area contributed by atoms with Crippen LogP contribution >= 0.6 is 23.8 Å². The van der Waals surface area contributed by atoms with Crippen molar-refractivity contribution in [1.29, 1.82) is 2.67 Å². The Morgan fingerprint density at radius 3 is 2.86 bits per heavy atom. The molecule has 0 bridgehead atoms. The Kier molecular flexibility index (Phi) is 7.90. The molecule has 0 N–H and O–H groups in total. The van der Waals surface area contributed by atoms with Gasteiger partial charge in [-0.3, -0.25) is 0 Å². The van der Waals surface area contributed by atoms with Crippen molar-refractivity contribution < 1.29 is 17.9 Å². The molecule has 2 saturated carbocycles. The van der Waals surface area contributed by atoms with Crippen LogP contribution in [0, 0.1) is 28.6 Å². The number of carbonyl (C=O) groups excluding carboxylic acids is 1. The van der Waals surface area contributed by atoms with Crippen molar-refractivity contribution in [3.8, 4) is 0 Å². The molecular weight excluding hydrogens is 474 g/mol. The number of fused-ring (bicyclic) bond motifs is 5. The minimum atomic E-state index is -0.266. The number of hydrogen-bond donors (Lipinski definition) is 0. The summed E-state index contributed by atoms with van der Waals surface area (Å²) >= 11 is 2.19. The van der Waals surface area contributed by atoms with Gasteiger partial charge in [-0.1, -0.05) is 85.6 Å². The van der Waals surface area contributed by atoms with Crippen LogP contribution < -0.4 is 0 Å². The largest absolute Gasteiger partial charge is 0.463 e.